The summed E-state index contributed by atoms with van der Waals surface area (Å²) in [5, 5.41) is 6.95. The predicted octanol–water partition coefficient (Wildman–Crippen LogP) is 2.55. The average molecular weight is 357 g/mol. The van der Waals surface area contributed by atoms with Gasteiger partial charge in [0.25, 0.3) is 0 Å². The van der Waals surface area contributed by atoms with E-state index in [0.717, 1.165) is 22.9 Å². The van der Waals surface area contributed by atoms with Gasteiger partial charge < -0.3 is 10.2 Å². The van der Waals surface area contributed by atoms with Crippen LogP contribution in [-0.2, 0) is 16.1 Å². The smallest absolute Gasteiger partial charge is 0.245 e. The second-order valence-electron chi connectivity index (χ2n) is 4.79. The molecule has 0 spiro atoms. The minimum Gasteiger partial charge on any atom is -0.352 e. The Morgan fingerprint density at radius 3 is 3.00 bits per heavy atom. The van der Waals surface area contributed by atoms with Crippen LogP contribution in [0, 0.1) is 5.92 Å². The summed E-state index contributed by atoms with van der Waals surface area (Å²) in [5.41, 5.74) is 1.08. The molecule has 20 heavy (non-hydrogen) atoms. The molecule has 1 atom stereocenters. The Hall–Kier alpha value is -1.14. The molecule has 0 saturated carbocycles. The van der Waals surface area contributed by atoms with Gasteiger partial charge in [-0.3, -0.25) is 9.59 Å². The summed E-state index contributed by atoms with van der Waals surface area (Å²) >= 11 is 5.04. The molecule has 0 bridgehead atoms. The molecule has 0 aromatic carbocycles. The van der Waals surface area contributed by atoms with Crippen LogP contribution in [0.2, 0.25) is 0 Å². The van der Waals surface area contributed by atoms with E-state index in [4.69, 9.17) is 0 Å². The Balaban J connectivity index is 1.87. The first-order valence-corrected chi connectivity index (χ1v) is 8.25. The van der Waals surface area contributed by atoms with Crippen molar-refractivity contribution in [3.8, 4) is 0 Å². The standard InChI is InChI=1S/C14H17BrN2O2S/c1-2-13(18)17-5-3-4-10(7-17)14(19)16-6-11-8-20-9-12(11)15/h2,8-10H,1,3-7H2,(H,16,19). The number of thiophene rings is 1. The van der Waals surface area contributed by atoms with Crippen LogP contribution >= 0.6 is 27.3 Å². The van der Waals surface area contributed by atoms with Gasteiger partial charge in [-0.25, -0.2) is 0 Å². The molecule has 1 N–H and O–H groups in total. The lowest BCUT2D eigenvalue weighted by Crippen LogP contribution is -2.44. The fourth-order valence-corrected chi connectivity index (χ4v) is 3.72. The van der Waals surface area contributed by atoms with Crippen molar-refractivity contribution in [1.82, 2.24) is 10.2 Å². The number of carbonyl (C=O) groups excluding carboxylic acids is 2. The number of halogens is 1. The first kappa shape index (κ1) is 15.3. The third kappa shape index (κ3) is 3.70. The number of nitrogens with zero attached hydrogens (tertiary/aromatic N) is 1. The van der Waals surface area contributed by atoms with Crippen molar-refractivity contribution in [2.45, 2.75) is 19.4 Å². The van der Waals surface area contributed by atoms with Crippen LogP contribution in [0.15, 0.2) is 27.9 Å². The van der Waals surface area contributed by atoms with E-state index in [1.54, 1.807) is 16.2 Å². The van der Waals surface area contributed by atoms with Gasteiger partial charge in [0.1, 0.15) is 0 Å². The van der Waals surface area contributed by atoms with Gasteiger partial charge in [-0.15, -0.1) is 0 Å². The molecule has 0 radical (unpaired) electrons. The fraction of sp³-hybridized carbons (Fsp3) is 0.429. The quantitative estimate of drug-likeness (QED) is 0.842. The van der Waals surface area contributed by atoms with Crippen LogP contribution in [0.3, 0.4) is 0 Å². The fourth-order valence-electron chi connectivity index (χ4n) is 2.28. The Kier molecular flexibility index (Phi) is 5.37. The van der Waals surface area contributed by atoms with Gasteiger partial charge in [-0.05, 0) is 45.8 Å². The number of nitrogens with one attached hydrogen (secondary N) is 1. The molecule has 2 rings (SSSR count). The van der Waals surface area contributed by atoms with Crippen molar-refractivity contribution in [3.63, 3.8) is 0 Å². The maximum Gasteiger partial charge on any atom is 0.245 e. The highest BCUT2D eigenvalue weighted by atomic mass is 79.9. The molecule has 1 saturated heterocycles. The lowest BCUT2D eigenvalue weighted by atomic mass is 9.97. The average Bonchev–Trinajstić information content (AvgIpc) is 2.89. The second-order valence-corrected chi connectivity index (χ2v) is 6.39. The van der Waals surface area contributed by atoms with Crippen molar-refractivity contribution >= 4 is 39.1 Å². The molecule has 6 heteroatoms. The first-order chi connectivity index (χ1) is 9.61. The van der Waals surface area contributed by atoms with Crippen LogP contribution in [0.1, 0.15) is 18.4 Å². The van der Waals surface area contributed by atoms with Crippen LogP contribution < -0.4 is 5.32 Å². The highest BCUT2D eigenvalue weighted by Crippen LogP contribution is 2.22. The molecule has 4 nitrogen and oxygen atoms in total. The lowest BCUT2D eigenvalue weighted by molar-refractivity contribution is -0.132. The largest absolute Gasteiger partial charge is 0.352 e. The molecular formula is C14H17BrN2O2S. The molecule has 1 aromatic heterocycles. The zero-order valence-electron chi connectivity index (χ0n) is 11.1. The Labute approximate surface area is 131 Å². The van der Waals surface area contributed by atoms with Gasteiger partial charge >= 0.3 is 0 Å². The predicted molar refractivity (Wildman–Crippen MR) is 83.4 cm³/mol. The number of hydrogen-bond donors (Lipinski definition) is 1. The second kappa shape index (κ2) is 7.04. The monoisotopic (exact) mass is 356 g/mol. The minimum absolute atomic E-state index is 0.0182. The SMILES string of the molecule is C=CC(=O)N1CCCC(C(=O)NCc2cscc2Br)C1. The van der Waals surface area contributed by atoms with Gasteiger partial charge in [0, 0.05) is 29.5 Å². The lowest BCUT2D eigenvalue weighted by Gasteiger charge is -2.31. The highest BCUT2D eigenvalue weighted by molar-refractivity contribution is 9.10. The number of piperidine rings is 1. The Morgan fingerprint density at radius 1 is 1.55 bits per heavy atom. The number of amides is 2. The summed E-state index contributed by atoms with van der Waals surface area (Å²) in [5.74, 6) is -0.196. The summed E-state index contributed by atoms with van der Waals surface area (Å²) in [6.45, 7) is 5.21. The molecule has 2 heterocycles. The van der Waals surface area contributed by atoms with E-state index in [9.17, 15) is 9.59 Å². The molecule has 1 aromatic rings. The van der Waals surface area contributed by atoms with Crippen LogP contribution in [0.25, 0.3) is 0 Å². The molecule has 1 fully saturated rings. The van der Waals surface area contributed by atoms with Crippen molar-refractivity contribution in [2.24, 2.45) is 5.92 Å². The van der Waals surface area contributed by atoms with E-state index in [0.29, 0.717) is 19.6 Å². The van der Waals surface area contributed by atoms with E-state index in [1.807, 2.05) is 10.8 Å². The van der Waals surface area contributed by atoms with Crippen molar-refractivity contribution in [1.29, 1.82) is 0 Å². The number of rotatable bonds is 4. The van der Waals surface area contributed by atoms with Gasteiger partial charge in [0.2, 0.25) is 11.8 Å². The van der Waals surface area contributed by atoms with Gasteiger partial charge in [-0.1, -0.05) is 6.58 Å². The highest BCUT2D eigenvalue weighted by Gasteiger charge is 2.27. The third-order valence-electron chi connectivity index (χ3n) is 3.42. The molecule has 2 amide bonds. The van der Waals surface area contributed by atoms with Crippen molar-refractivity contribution < 1.29 is 9.59 Å². The van der Waals surface area contributed by atoms with Crippen molar-refractivity contribution in [2.75, 3.05) is 13.1 Å². The summed E-state index contributed by atoms with van der Waals surface area (Å²) in [7, 11) is 0. The van der Waals surface area contributed by atoms with Crippen LogP contribution in [0.5, 0.6) is 0 Å². The van der Waals surface area contributed by atoms with Gasteiger partial charge in [0.05, 0.1) is 5.92 Å². The van der Waals surface area contributed by atoms with E-state index < -0.39 is 0 Å². The van der Waals surface area contributed by atoms with E-state index in [-0.39, 0.29) is 17.7 Å². The third-order valence-corrected chi connectivity index (χ3v) is 5.25. The van der Waals surface area contributed by atoms with E-state index in [1.165, 1.54) is 6.08 Å². The molecule has 0 aliphatic carbocycles. The summed E-state index contributed by atoms with van der Waals surface area (Å²) in [6.07, 6.45) is 3.00. The summed E-state index contributed by atoms with van der Waals surface area (Å²) < 4.78 is 1.02. The molecule has 1 aliphatic heterocycles. The normalized spacial score (nSPS) is 18.6. The first-order valence-electron chi connectivity index (χ1n) is 6.51. The number of carbonyl (C=O) groups is 2. The maximum atomic E-state index is 12.2. The maximum absolute atomic E-state index is 12.2. The zero-order valence-corrected chi connectivity index (χ0v) is 13.5. The van der Waals surface area contributed by atoms with Gasteiger partial charge in [0.15, 0.2) is 0 Å². The van der Waals surface area contributed by atoms with E-state index >= 15 is 0 Å². The summed E-state index contributed by atoms with van der Waals surface area (Å²) in [4.78, 5) is 25.5. The van der Waals surface area contributed by atoms with Crippen molar-refractivity contribution in [3.05, 3.63) is 33.5 Å². The zero-order chi connectivity index (χ0) is 14.5. The molecule has 1 aliphatic rings. The molecule has 1 unspecified atom stereocenters. The Bertz CT molecular complexity index is 515. The molecule has 108 valence electrons. The number of hydrogen-bond acceptors (Lipinski definition) is 3. The molecular weight excluding hydrogens is 340 g/mol. The minimum atomic E-state index is -0.120. The number of likely N-dealkylation sites (tertiary alicyclic amines) is 1. The van der Waals surface area contributed by atoms with Crippen LogP contribution in [-0.4, -0.2) is 29.8 Å². The topological polar surface area (TPSA) is 49.4 Å². The summed E-state index contributed by atoms with van der Waals surface area (Å²) in [6, 6.07) is 0. The van der Waals surface area contributed by atoms with Crippen LogP contribution in [0.4, 0.5) is 0 Å². The van der Waals surface area contributed by atoms with E-state index in [2.05, 4.69) is 27.8 Å². The Morgan fingerprint density at radius 2 is 2.35 bits per heavy atom. The van der Waals surface area contributed by atoms with Gasteiger partial charge in [-0.2, -0.15) is 11.3 Å².